The fourth-order valence-electron chi connectivity index (χ4n) is 3.87. The highest BCUT2D eigenvalue weighted by molar-refractivity contribution is 8.17. The van der Waals surface area contributed by atoms with Gasteiger partial charge in [0.25, 0.3) is 0 Å². The number of amidine groups is 1. The smallest absolute Gasteiger partial charge is 0.338 e. The van der Waals surface area contributed by atoms with Crippen molar-refractivity contribution < 1.29 is 14.6 Å². The van der Waals surface area contributed by atoms with Crippen molar-refractivity contribution in [2.75, 3.05) is 6.61 Å². The monoisotopic (exact) mass is 434 g/mol. The number of hydrogen-bond acceptors (Lipinski definition) is 6. The Labute approximate surface area is 187 Å². The van der Waals surface area contributed by atoms with Crippen molar-refractivity contribution in [2.45, 2.75) is 40.0 Å². The van der Waals surface area contributed by atoms with E-state index in [-0.39, 0.29) is 6.61 Å². The summed E-state index contributed by atoms with van der Waals surface area (Å²) in [6.45, 7) is 8.00. The molecule has 2 aromatic carbocycles. The van der Waals surface area contributed by atoms with E-state index >= 15 is 0 Å². The standard InChI is InChI=1S/C25H26N2O3S/c1-5-30-24(29)21-17(4)26-25-27(22(21)19-12-11-15(2)16(3)13-19)23(28)20(31-25)14-18-9-7-6-8-10-18/h6-14,22-23,28H,5H2,1-4H3/b20-14+. The second-order valence-corrected chi connectivity index (χ2v) is 8.74. The molecule has 2 atom stereocenters. The van der Waals surface area contributed by atoms with E-state index in [1.807, 2.05) is 67.3 Å². The van der Waals surface area contributed by atoms with Crippen molar-refractivity contribution in [3.8, 4) is 0 Å². The zero-order valence-electron chi connectivity index (χ0n) is 18.1. The summed E-state index contributed by atoms with van der Waals surface area (Å²) in [5.41, 5.74) is 5.32. The molecule has 0 radical (unpaired) electrons. The van der Waals surface area contributed by atoms with E-state index in [9.17, 15) is 9.90 Å². The van der Waals surface area contributed by atoms with E-state index in [2.05, 4.69) is 18.0 Å². The molecule has 0 aromatic heterocycles. The maximum absolute atomic E-state index is 12.9. The molecule has 2 aliphatic heterocycles. The number of esters is 1. The number of nitrogens with zero attached hydrogens (tertiary/aromatic N) is 2. The lowest BCUT2D eigenvalue weighted by Gasteiger charge is -2.36. The quantitative estimate of drug-likeness (QED) is 0.689. The number of rotatable bonds is 4. The van der Waals surface area contributed by atoms with Gasteiger partial charge in [0.1, 0.15) is 0 Å². The van der Waals surface area contributed by atoms with Crippen LogP contribution in [0.2, 0.25) is 0 Å². The van der Waals surface area contributed by atoms with Gasteiger partial charge in [-0.2, -0.15) is 0 Å². The summed E-state index contributed by atoms with van der Waals surface area (Å²) in [7, 11) is 0. The van der Waals surface area contributed by atoms with Crippen molar-refractivity contribution in [2.24, 2.45) is 4.99 Å². The maximum atomic E-state index is 12.9. The predicted molar refractivity (Wildman–Crippen MR) is 125 cm³/mol. The van der Waals surface area contributed by atoms with Crippen LogP contribution in [0.5, 0.6) is 0 Å². The molecule has 0 saturated carbocycles. The average Bonchev–Trinajstić information content (AvgIpc) is 3.04. The second-order valence-electron chi connectivity index (χ2n) is 7.70. The highest BCUT2D eigenvalue weighted by Gasteiger charge is 2.45. The van der Waals surface area contributed by atoms with E-state index in [4.69, 9.17) is 4.74 Å². The van der Waals surface area contributed by atoms with Gasteiger partial charge in [-0.25, -0.2) is 9.79 Å². The predicted octanol–water partition coefficient (Wildman–Crippen LogP) is 4.96. The van der Waals surface area contributed by atoms with Gasteiger partial charge < -0.3 is 14.7 Å². The molecule has 2 aliphatic rings. The lowest BCUT2D eigenvalue weighted by molar-refractivity contribution is -0.139. The van der Waals surface area contributed by atoms with E-state index < -0.39 is 18.2 Å². The molecule has 2 heterocycles. The van der Waals surface area contributed by atoms with Crippen LogP contribution in [0, 0.1) is 13.8 Å². The molecule has 5 nitrogen and oxygen atoms in total. The molecule has 2 unspecified atom stereocenters. The summed E-state index contributed by atoms with van der Waals surface area (Å²) in [5, 5.41) is 12.0. The number of aliphatic imine (C=N–C) groups is 1. The molecule has 31 heavy (non-hydrogen) atoms. The number of aryl methyl sites for hydroxylation is 2. The van der Waals surface area contributed by atoms with Gasteiger partial charge in [-0.15, -0.1) is 0 Å². The molecule has 0 spiro atoms. The third-order valence-electron chi connectivity index (χ3n) is 5.60. The van der Waals surface area contributed by atoms with Crippen LogP contribution in [0.3, 0.4) is 0 Å². The summed E-state index contributed by atoms with van der Waals surface area (Å²) < 4.78 is 5.37. The topological polar surface area (TPSA) is 62.1 Å². The van der Waals surface area contributed by atoms with Crippen LogP contribution in [-0.4, -0.2) is 34.0 Å². The molecular formula is C25H26N2O3S. The molecule has 0 bridgehead atoms. The van der Waals surface area contributed by atoms with Crippen LogP contribution < -0.4 is 0 Å². The number of ether oxygens (including phenoxy) is 1. The summed E-state index contributed by atoms with van der Waals surface area (Å²) in [5.74, 6) is -0.399. The average molecular weight is 435 g/mol. The zero-order chi connectivity index (χ0) is 22.1. The first-order valence-electron chi connectivity index (χ1n) is 10.3. The number of hydrogen-bond donors (Lipinski definition) is 1. The lowest BCUT2D eigenvalue weighted by Crippen LogP contribution is -2.41. The zero-order valence-corrected chi connectivity index (χ0v) is 18.9. The minimum Gasteiger partial charge on any atom is -0.463 e. The number of aliphatic hydroxyl groups excluding tert-OH is 1. The highest BCUT2D eigenvalue weighted by Crippen LogP contribution is 2.47. The fraction of sp³-hybridized carbons (Fsp3) is 0.280. The van der Waals surface area contributed by atoms with Gasteiger partial charge in [-0.3, -0.25) is 0 Å². The second kappa shape index (κ2) is 8.73. The van der Waals surface area contributed by atoms with Crippen molar-refractivity contribution in [1.82, 2.24) is 4.90 Å². The Morgan fingerprint density at radius 2 is 1.90 bits per heavy atom. The van der Waals surface area contributed by atoms with Gasteiger partial charge in [-0.1, -0.05) is 60.3 Å². The Bertz CT molecular complexity index is 1110. The first-order valence-corrected chi connectivity index (χ1v) is 11.2. The number of fused-ring (bicyclic) bond motifs is 1. The summed E-state index contributed by atoms with van der Waals surface area (Å²) in [4.78, 5) is 20.2. The Morgan fingerprint density at radius 3 is 2.58 bits per heavy atom. The minimum atomic E-state index is -0.909. The van der Waals surface area contributed by atoms with E-state index in [1.165, 1.54) is 17.3 Å². The molecule has 0 aliphatic carbocycles. The van der Waals surface area contributed by atoms with E-state index in [0.29, 0.717) is 16.4 Å². The molecule has 1 N–H and O–H groups in total. The van der Waals surface area contributed by atoms with Crippen LogP contribution in [0.25, 0.3) is 6.08 Å². The number of allylic oxidation sites excluding steroid dienone is 1. The van der Waals surface area contributed by atoms with Gasteiger partial charge >= 0.3 is 5.97 Å². The third kappa shape index (κ3) is 4.05. The summed E-state index contributed by atoms with van der Waals surface area (Å²) in [6, 6.07) is 15.5. The highest BCUT2D eigenvalue weighted by atomic mass is 32.2. The number of carbonyl (C=O) groups is 1. The van der Waals surface area contributed by atoms with Crippen LogP contribution in [0.4, 0.5) is 0 Å². The molecule has 160 valence electrons. The fourth-order valence-corrected chi connectivity index (χ4v) is 4.99. The Balaban J connectivity index is 1.82. The van der Waals surface area contributed by atoms with Gasteiger partial charge in [0.15, 0.2) is 11.4 Å². The molecule has 0 amide bonds. The van der Waals surface area contributed by atoms with Crippen LogP contribution in [0.15, 0.2) is 69.7 Å². The van der Waals surface area contributed by atoms with Crippen LogP contribution >= 0.6 is 11.8 Å². The van der Waals surface area contributed by atoms with Gasteiger partial charge in [0, 0.05) is 4.91 Å². The SMILES string of the molecule is CCOC(=O)C1=C(C)N=C2S/C(=C/c3ccccc3)C(O)N2C1c1ccc(C)c(C)c1. The van der Waals surface area contributed by atoms with Crippen molar-refractivity contribution in [1.29, 1.82) is 0 Å². The molecule has 1 saturated heterocycles. The number of aliphatic hydroxyl groups is 1. The maximum Gasteiger partial charge on any atom is 0.338 e. The first kappa shape index (κ1) is 21.4. The van der Waals surface area contributed by atoms with Gasteiger partial charge in [0.05, 0.1) is 23.9 Å². The summed E-state index contributed by atoms with van der Waals surface area (Å²) >= 11 is 1.43. The van der Waals surface area contributed by atoms with Crippen LogP contribution in [-0.2, 0) is 9.53 Å². The minimum absolute atomic E-state index is 0.280. The molecule has 4 rings (SSSR count). The Morgan fingerprint density at radius 1 is 1.16 bits per heavy atom. The normalized spacial score (nSPS) is 21.9. The molecular weight excluding hydrogens is 408 g/mol. The number of thioether (sulfide) groups is 1. The van der Waals surface area contributed by atoms with Gasteiger partial charge in [0.2, 0.25) is 0 Å². The van der Waals surface area contributed by atoms with E-state index in [1.54, 1.807) is 6.92 Å². The largest absolute Gasteiger partial charge is 0.463 e. The molecule has 6 heteroatoms. The molecule has 1 fully saturated rings. The summed E-state index contributed by atoms with van der Waals surface area (Å²) in [6.07, 6.45) is 1.06. The van der Waals surface area contributed by atoms with Crippen molar-refractivity contribution in [3.05, 3.63) is 87.0 Å². The first-order chi connectivity index (χ1) is 14.9. The van der Waals surface area contributed by atoms with Crippen molar-refractivity contribution >= 4 is 29.0 Å². The van der Waals surface area contributed by atoms with Gasteiger partial charge in [-0.05, 0) is 56.0 Å². The van der Waals surface area contributed by atoms with Crippen LogP contribution in [0.1, 0.15) is 42.1 Å². The molecule has 2 aromatic rings. The van der Waals surface area contributed by atoms with Crippen molar-refractivity contribution in [3.63, 3.8) is 0 Å². The Kier molecular flexibility index (Phi) is 6.03. The van der Waals surface area contributed by atoms with E-state index in [0.717, 1.165) is 21.6 Å². The lowest BCUT2D eigenvalue weighted by atomic mass is 9.92. The Hall–Kier alpha value is -2.83. The number of benzene rings is 2. The number of carbonyl (C=O) groups excluding carboxylic acids is 1. The third-order valence-corrected chi connectivity index (χ3v) is 6.65.